The fourth-order valence-electron chi connectivity index (χ4n) is 1.68. The van der Waals surface area contributed by atoms with E-state index in [0.29, 0.717) is 5.69 Å². The number of nitrogens with two attached hydrogens (primary N) is 1. The van der Waals surface area contributed by atoms with E-state index in [9.17, 15) is 12.8 Å². The Kier molecular flexibility index (Phi) is 4.01. The highest BCUT2D eigenvalue weighted by atomic mass is 32.2. The number of anilines is 1. The van der Waals surface area contributed by atoms with E-state index < -0.39 is 15.8 Å². The van der Waals surface area contributed by atoms with Gasteiger partial charge in [0.25, 0.3) is 10.0 Å². The van der Waals surface area contributed by atoms with Gasteiger partial charge in [-0.15, -0.1) is 0 Å². The molecule has 0 unspecified atom stereocenters. The summed E-state index contributed by atoms with van der Waals surface area (Å²) in [6, 6.07) is 8.60. The second kappa shape index (κ2) is 5.56. The van der Waals surface area contributed by atoms with Crippen LogP contribution in [0.2, 0.25) is 0 Å². The normalized spacial score (nSPS) is 11.3. The molecule has 1 heterocycles. The number of rotatable bonds is 4. The molecule has 0 atom stereocenters. The molecule has 0 bridgehead atoms. The van der Waals surface area contributed by atoms with Gasteiger partial charge in [0.15, 0.2) is 0 Å². The molecule has 0 aliphatic carbocycles. The van der Waals surface area contributed by atoms with Crippen LogP contribution in [0.1, 0.15) is 5.69 Å². The average Bonchev–Trinajstić information content (AvgIpc) is 2.47. The van der Waals surface area contributed by atoms with Crippen LogP contribution in [0, 0.1) is 5.82 Å². The molecule has 0 aliphatic rings. The molecule has 1 aromatic heterocycles. The lowest BCUT2D eigenvalue weighted by atomic mass is 10.3. The number of nitrogens with zero attached hydrogens (tertiary/aromatic N) is 2. The summed E-state index contributed by atoms with van der Waals surface area (Å²) < 4.78 is 39.3. The summed E-state index contributed by atoms with van der Waals surface area (Å²) in [7, 11) is -2.55. The third-order valence-electron chi connectivity index (χ3n) is 2.86. The van der Waals surface area contributed by atoms with Crippen LogP contribution in [-0.4, -0.2) is 20.4 Å². The molecule has 1 aromatic carbocycles. The third-order valence-corrected chi connectivity index (χ3v) is 4.61. The summed E-state index contributed by atoms with van der Waals surface area (Å²) in [5.74, 6) is -0.606. The van der Waals surface area contributed by atoms with Crippen molar-refractivity contribution in [3.8, 4) is 0 Å². The molecule has 0 fully saturated rings. The minimum Gasteiger partial charge on any atom is -0.325 e. The van der Waals surface area contributed by atoms with Crippen molar-refractivity contribution in [2.24, 2.45) is 5.73 Å². The molecule has 0 amide bonds. The van der Waals surface area contributed by atoms with Crippen molar-refractivity contribution < 1.29 is 12.8 Å². The fourth-order valence-corrected chi connectivity index (χ4v) is 2.83. The van der Waals surface area contributed by atoms with E-state index in [1.165, 1.54) is 43.6 Å². The Bertz CT molecular complexity index is 702. The quantitative estimate of drug-likeness (QED) is 0.927. The van der Waals surface area contributed by atoms with Crippen LogP contribution in [0.5, 0.6) is 0 Å². The Morgan fingerprint density at radius 1 is 1.25 bits per heavy atom. The van der Waals surface area contributed by atoms with Gasteiger partial charge in [-0.25, -0.2) is 12.8 Å². The van der Waals surface area contributed by atoms with Gasteiger partial charge in [-0.05, 0) is 24.3 Å². The van der Waals surface area contributed by atoms with Crippen molar-refractivity contribution in [2.75, 3.05) is 11.4 Å². The van der Waals surface area contributed by atoms with Gasteiger partial charge >= 0.3 is 0 Å². The van der Waals surface area contributed by atoms with Crippen LogP contribution >= 0.6 is 0 Å². The minimum absolute atomic E-state index is 0.0135. The van der Waals surface area contributed by atoms with Gasteiger partial charge in [0.05, 0.1) is 11.4 Å². The zero-order valence-corrected chi connectivity index (χ0v) is 11.6. The second-order valence-corrected chi connectivity index (χ2v) is 6.08. The van der Waals surface area contributed by atoms with E-state index >= 15 is 0 Å². The Hall–Kier alpha value is -1.99. The molecule has 2 aromatic rings. The molecule has 5 nitrogen and oxygen atoms in total. The summed E-state index contributed by atoms with van der Waals surface area (Å²) in [5.41, 5.74) is 5.97. The number of sulfonamides is 1. The highest BCUT2D eigenvalue weighted by Crippen LogP contribution is 2.24. The zero-order chi connectivity index (χ0) is 14.8. The van der Waals surface area contributed by atoms with Crippen LogP contribution in [0.3, 0.4) is 0 Å². The summed E-state index contributed by atoms with van der Waals surface area (Å²) in [4.78, 5) is 3.92. The van der Waals surface area contributed by atoms with Crippen molar-refractivity contribution in [1.82, 2.24) is 4.98 Å². The lowest BCUT2D eigenvalue weighted by Gasteiger charge is -2.19. The summed E-state index contributed by atoms with van der Waals surface area (Å²) in [6.45, 7) is 0.226. The first kappa shape index (κ1) is 14.4. The van der Waals surface area contributed by atoms with E-state index in [0.717, 1.165) is 4.31 Å². The van der Waals surface area contributed by atoms with Crippen LogP contribution in [0.15, 0.2) is 47.5 Å². The summed E-state index contributed by atoms with van der Waals surface area (Å²) in [5, 5.41) is 0. The van der Waals surface area contributed by atoms with Crippen LogP contribution < -0.4 is 10.0 Å². The van der Waals surface area contributed by atoms with Gasteiger partial charge in [-0.3, -0.25) is 9.29 Å². The molecular weight excluding hydrogens is 281 g/mol. The van der Waals surface area contributed by atoms with Crippen molar-refractivity contribution in [2.45, 2.75) is 11.4 Å². The van der Waals surface area contributed by atoms with Gasteiger partial charge in [-0.2, -0.15) is 0 Å². The molecule has 7 heteroatoms. The molecule has 106 valence electrons. The van der Waals surface area contributed by atoms with Gasteiger partial charge < -0.3 is 5.73 Å². The van der Waals surface area contributed by atoms with Gasteiger partial charge in [-0.1, -0.05) is 12.1 Å². The first-order valence-electron chi connectivity index (χ1n) is 5.85. The zero-order valence-electron chi connectivity index (χ0n) is 10.8. The van der Waals surface area contributed by atoms with Gasteiger partial charge in [0, 0.05) is 19.8 Å². The van der Waals surface area contributed by atoms with Gasteiger partial charge in [0.2, 0.25) is 0 Å². The maximum Gasteiger partial charge on any atom is 0.265 e. The molecular formula is C13H14FN3O2S. The lowest BCUT2D eigenvalue weighted by Crippen LogP contribution is -2.27. The van der Waals surface area contributed by atoms with E-state index in [2.05, 4.69) is 4.98 Å². The molecule has 2 rings (SSSR count). The number of halogens is 1. The Balaban J connectivity index is 2.41. The SMILES string of the molecule is CN(c1ccccc1F)S(=O)(=O)c1ccc(CN)nc1. The molecule has 20 heavy (non-hydrogen) atoms. The second-order valence-electron chi connectivity index (χ2n) is 4.11. The molecule has 0 radical (unpaired) electrons. The molecule has 0 aliphatic heterocycles. The van der Waals surface area contributed by atoms with Crippen molar-refractivity contribution in [3.05, 3.63) is 54.1 Å². The number of benzene rings is 1. The van der Waals surface area contributed by atoms with Crippen LogP contribution in [0.25, 0.3) is 0 Å². The minimum atomic E-state index is -3.85. The Morgan fingerprint density at radius 2 is 1.95 bits per heavy atom. The van der Waals surface area contributed by atoms with Crippen molar-refractivity contribution in [1.29, 1.82) is 0 Å². The molecule has 2 N–H and O–H groups in total. The summed E-state index contributed by atoms with van der Waals surface area (Å²) in [6.07, 6.45) is 1.22. The van der Waals surface area contributed by atoms with Crippen LogP contribution in [0.4, 0.5) is 10.1 Å². The topological polar surface area (TPSA) is 76.3 Å². The average molecular weight is 295 g/mol. The highest BCUT2D eigenvalue weighted by molar-refractivity contribution is 7.92. The van der Waals surface area contributed by atoms with E-state index in [4.69, 9.17) is 5.73 Å². The maximum atomic E-state index is 13.7. The van der Waals surface area contributed by atoms with Crippen molar-refractivity contribution in [3.63, 3.8) is 0 Å². The van der Waals surface area contributed by atoms with E-state index in [1.807, 2.05) is 0 Å². The lowest BCUT2D eigenvalue weighted by molar-refractivity contribution is 0.589. The summed E-state index contributed by atoms with van der Waals surface area (Å²) >= 11 is 0. The molecule has 0 saturated heterocycles. The predicted octanol–water partition coefficient (Wildman–Crippen LogP) is 1.50. The Morgan fingerprint density at radius 3 is 2.50 bits per heavy atom. The number of hydrogen-bond acceptors (Lipinski definition) is 4. The number of para-hydroxylation sites is 1. The largest absolute Gasteiger partial charge is 0.325 e. The molecule has 0 saturated carbocycles. The molecule has 0 spiro atoms. The Labute approximate surface area is 116 Å². The van der Waals surface area contributed by atoms with Gasteiger partial charge in [0.1, 0.15) is 10.7 Å². The predicted molar refractivity (Wildman–Crippen MR) is 74.1 cm³/mol. The standard InChI is InChI=1S/C13H14FN3O2S/c1-17(13-5-3-2-4-12(13)14)20(18,19)11-7-6-10(8-15)16-9-11/h2-7,9H,8,15H2,1H3. The van der Waals surface area contributed by atoms with Crippen LogP contribution in [-0.2, 0) is 16.6 Å². The highest BCUT2D eigenvalue weighted by Gasteiger charge is 2.23. The van der Waals surface area contributed by atoms with E-state index in [1.54, 1.807) is 6.07 Å². The van der Waals surface area contributed by atoms with Crippen molar-refractivity contribution >= 4 is 15.7 Å². The first-order chi connectivity index (χ1) is 9.46. The fraction of sp³-hybridized carbons (Fsp3) is 0.154. The third kappa shape index (κ3) is 2.63. The number of hydrogen-bond donors (Lipinski definition) is 1. The number of aromatic nitrogens is 1. The van der Waals surface area contributed by atoms with E-state index in [-0.39, 0.29) is 17.1 Å². The number of pyridine rings is 1. The monoisotopic (exact) mass is 295 g/mol. The maximum absolute atomic E-state index is 13.7. The first-order valence-corrected chi connectivity index (χ1v) is 7.29. The smallest absolute Gasteiger partial charge is 0.265 e.